The normalized spacial score (nSPS) is 11.0. The third kappa shape index (κ3) is 5.82. The minimum Gasteiger partial charge on any atom is -0.444 e. The maximum Gasteiger partial charge on any atom is 0.412 e. The molecule has 0 aliphatic heterocycles. The Hall–Kier alpha value is -4.40. The van der Waals surface area contributed by atoms with Gasteiger partial charge in [0.1, 0.15) is 18.0 Å². The fourth-order valence-electron chi connectivity index (χ4n) is 3.19. The first-order chi connectivity index (χ1) is 15.5. The number of ether oxygens (including phenoxy) is 1. The highest BCUT2D eigenvalue weighted by atomic mass is 16.5. The predicted octanol–water partition coefficient (Wildman–Crippen LogP) is 4.51. The Bertz CT molecular complexity index is 1240. The lowest BCUT2D eigenvalue weighted by Gasteiger charge is -2.06. The average molecular weight is 428 g/mol. The molecule has 1 N–H and O–H groups in total. The van der Waals surface area contributed by atoms with Gasteiger partial charge in [0, 0.05) is 5.56 Å². The summed E-state index contributed by atoms with van der Waals surface area (Å²) < 4.78 is 10.5. The SMILES string of the molecule is CC1=Cc2ccc(C#Cc3onc(C)c3NC(=O)OCc3ccccc3)cc2C1.O=C=O. The van der Waals surface area contributed by atoms with Gasteiger partial charge in [-0.15, -0.1) is 0 Å². The van der Waals surface area contributed by atoms with Gasteiger partial charge in [-0.2, -0.15) is 9.59 Å². The summed E-state index contributed by atoms with van der Waals surface area (Å²) in [4.78, 5) is 28.4. The van der Waals surface area contributed by atoms with Gasteiger partial charge >= 0.3 is 12.2 Å². The highest BCUT2D eigenvalue weighted by Gasteiger charge is 2.15. The molecule has 0 saturated carbocycles. The quantitative estimate of drug-likeness (QED) is 0.617. The van der Waals surface area contributed by atoms with Crippen LogP contribution in [0.25, 0.3) is 6.08 Å². The molecule has 7 heteroatoms. The van der Waals surface area contributed by atoms with E-state index < -0.39 is 6.09 Å². The molecule has 160 valence electrons. The third-order valence-corrected chi connectivity index (χ3v) is 4.64. The zero-order valence-electron chi connectivity index (χ0n) is 17.6. The summed E-state index contributed by atoms with van der Waals surface area (Å²) >= 11 is 0. The first-order valence-electron chi connectivity index (χ1n) is 9.75. The zero-order valence-corrected chi connectivity index (χ0v) is 17.6. The molecule has 1 aliphatic carbocycles. The maximum absolute atomic E-state index is 12.2. The highest BCUT2D eigenvalue weighted by Crippen LogP contribution is 2.25. The van der Waals surface area contributed by atoms with Crippen molar-refractivity contribution in [3.05, 3.63) is 87.8 Å². The minimum atomic E-state index is -0.581. The van der Waals surface area contributed by atoms with E-state index in [0.717, 1.165) is 17.5 Å². The number of allylic oxidation sites excluding steroid dienone is 1. The molecule has 1 amide bonds. The lowest BCUT2D eigenvalue weighted by Crippen LogP contribution is -2.14. The number of rotatable bonds is 3. The largest absolute Gasteiger partial charge is 0.444 e. The van der Waals surface area contributed by atoms with Crippen molar-refractivity contribution < 1.29 is 23.6 Å². The Kier molecular flexibility index (Phi) is 7.37. The van der Waals surface area contributed by atoms with Crippen molar-refractivity contribution in [1.29, 1.82) is 0 Å². The lowest BCUT2D eigenvalue weighted by atomic mass is 10.1. The number of hydrogen-bond acceptors (Lipinski definition) is 6. The molecule has 4 rings (SSSR count). The molecule has 7 nitrogen and oxygen atoms in total. The van der Waals surface area contributed by atoms with Crippen LogP contribution in [0.15, 0.2) is 58.6 Å². The molecule has 0 spiro atoms. The van der Waals surface area contributed by atoms with Gasteiger partial charge in [-0.25, -0.2) is 4.79 Å². The third-order valence-electron chi connectivity index (χ3n) is 4.64. The van der Waals surface area contributed by atoms with Crippen LogP contribution in [-0.4, -0.2) is 17.4 Å². The fraction of sp³-hybridized carbons (Fsp3) is 0.160. The predicted molar refractivity (Wildman–Crippen MR) is 116 cm³/mol. The lowest BCUT2D eigenvalue weighted by molar-refractivity contribution is -0.191. The monoisotopic (exact) mass is 428 g/mol. The van der Waals surface area contributed by atoms with Crippen molar-refractivity contribution in [2.75, 3.05) is 5.32 Å². The summed E-state index contributed by atoms with van der Waals surface area (Å²) in [5.41, 5.74) is 6.62. The number of carbonyl (C=O) groups excluding carboxylic acids is 3. The summed E-state index contributed by atoms with van der Waals surface area (Å²) in [6.45, 7) is 4.05. The smallest absolute Gasteiger partial charge is 0.412 e. The topological polar surface area (TPSA) is 98.5 Å². The molecule has 0 fully saturated rings. The molecule has 1 aliphatic rings. The number of hydrogen-bond donors (Lipinski definition) is 1. The minimum absolute atomic E-state index is 0.181. The molecule has 0 bridgehead atoms. The second-order valence-corrected chi connectivity index (χ2v) is 7.07. The van der Waals surface area contributed by atoms with Crippen molar-refractivity contribution >= 4 is 24.0 Å². The van der Waals surface area contributed by atoms with Crippen LogP contribution in [0.4, 0.5) is 10.5 Å². The van der Waals surface area contributed by atoms with E-state index in [2.05, 4.69) is 47.4 Å². The molecular weight excluding hydrogens is 408 g/mol. The van der Waals surface area contributed by atoms with Gasteiger partial charge in [-0.05, 0) is 55.0 Å². The Morgan fingerprint density at radius 3 is 2.62 bits per heavy atom. The number of nitrogens with zero attached hydrogens (tertiary/aromatic N) is 1. The van der Waals surface area contributed by atoms with Gasteiger partial charge in [-0.3, -0.25) is 5.32 Å². The number of carbonyl (C=O) groups is 1. The van der Waals surface area contributed by atoms with Gasteiger partial charge in [-0.1, -0.05) is 59.1 Å². The van der Waals surface area contributed by atoms with Crippen LogP contribution in [0.1, 0.15) is 40.6 Å². The van der Waals surface area contributed by atoms with E-state index >= 15 is 0 Å². The van der Waals surface area contributed by atoms with Crippen molar-refractivity contribution in [2.45, 2.75) is 26.9 Å². The van der Waals surface area contributed by atoms with Crippen LogP contribution < -0.4 is 5.32 Å². The molecule has 1 aromatic heterocycles. The van der Waals surface area contributed by atoms with E-state index in [9.17, 15) is 4.79 Å². The summed E-state index contributed by atoms with van der Waals surface area (Å²) in [6, 6.07) is 15.6. The molecule has 3 aromatic rings. The van der Waals surface area contributed by atoms with Crippen LogP contribution in [-0.2, 0) is 27.4 Å². The van der Waals surface area contributed by atoms with Crippen LogP contribution in [0.2, 0.25) is 0 Å². The van der Waals surface area contributed by atoms with E-state index in [1.54, 1.807) is 6.92 Å². The summed E-state index contributed by atoms with van der Waals surface area (Å²) in [5.74, 6) is 6.36. The number of aryl methyl sites for hydroxylation is 1. The number of aromatic nitrogens is 1. The molecule has 0 unspecified atom stereocenters. The fourth-order valence-corrected chi connectivity index (χ4v) is 3.19. The molecule has 0 radical (unpaired) electrons. The molecular formula is C25H20N2O5. The van der Waals surface area contributed by atoms with Crippen LogP contribution in [0, 0.1) is 18.8 Å². The van der Waals surface area contributed by atoms with Crippen LogP contribution in [0.5, 0.6) is 0 Å². The molecule has 1 heterocycles. The van der Waals surface area contributed by atoms with E-state index in [0.29, 0.717) is 17.1 Å². The van der Waals surface area contributed by atoms with Crippen molar-refractivity contribution in [2.24, 2.45) is 0 Å². The number of nitrogens with one attached hydrogen (secondary N) is 1. The standard InChI is InChI=1S/C24H20N2O3.CO2/c1-16-12-20-10-8-18(14-21(20)13-16)9-11-22-23(17(2)26-29-22)25-24(27)28-15-19-6-4-3-5-7-19;2-1-3/h3-8,10,12,14H,13,15H2,1-2H3,(H,25,27);. The van der Waals surface area contributed by atoms with Gasteiger partial charge in [0.15, 0.2) is 0 Å². The van der Waals surface area contributed by atoms with E-state index in [1.165, 1.54) is 16.7 Å². The van der Waals surface area contributed by atoms with Gasteiger partial charge in [0.05, 0.1) is 0 Å². The number of benzene rings is 2. The van der Waals surface area contributed by atoms with Crippen molar-refractivity contribution in [3.63, 3.8) is 0 Å². The summed E-state index contributed by atoms with van der Waals surface area (Å²) in [7, 11) is 0. The molecule has 32 heavy (non-hydrogen) atoms. The van der Waals surface area contributed by atoms with Crippen LogP contribution >= 0.6 is 0 Å². The summed E-state index contributed by atoms with van der Waals surface area (Å²) in [5, 5.41) is 6.60. The Morgan fingerprint density at radius 1 is 1.12 bits per heavy atom. The Labute approximate surface area is 185 Å². The number of fused-ring (bicyclic) bond motifs is 1. The Morgan fingerprint density at radius 2 is 1.88 bits per heavy atom. The Balaban J connectivity index is 0.000000913. The van der Waals surface area contributed by atoms with Gasteiger partial charge < -0.3 is 9.26 Å². The van der Waals surface area contributed by atoms with Crippen molar-refractivity contribution in [3.8, 4) is 11.8 Å². The first-order valence-corrected chi connectivity index (χ1v) is 9.75. The van der Waals surface area contributed by atoms with E-state index in [1.807, 2.05) is 36.4 Å². The van der Waals surface area contributed by atoms with Crippen LogP contribution in [0.3, 0.4) is 0 Å². The molecule has 0 atom stereocenters. The van der Waals surface area contributed by atoms with Crippen molar-refractivity contribution in [1.82, 2.24) is 5.16 Å². The number of anilines is 1. The van der Waals surface area contributed by atoms with Gasteiger partial charge in [0.25, 0.3) is 0 Å². The second-order valence-electron chi connectivity index (χ2n) is 7.07. The number of amides is 1. The molecule has 2 aromatic carbocycles. The van der Waals surface area contributed by atoms with E-state index in [4.69, 9.17) is 18.8 Å². The second kappa shape index (κ2) is 10.6. The summed E-state index contributed by atoms with van der Waals surface area (Å²) in [6.07, 6.45) is 2.81. The van der Waals surface area contributed by atoms with E-state index in [-0.39, 0.29) is 12.8 Å². The zero-order chi connectivity index (χ0) is 22.9. The highest BCUT2D eigenvalue weighted by molar-refractivity contribution is 5.86. The molecule has 0 saturated heterocycles. The first kappa shape index (κ1) is 22.3. The average Bonchev–Trinajstić information content (AvgIpc) is 3.33. The maximum atomic E-state index is 12.2. The van der Waals surface area contributed by atoms with Gasteiger partial charge in [0.2, 0.25) is 5.76 Å².